The van der Waals surface area contributed by atoms with E-state index in [0.717, 1.165) is 92.6 Å². The van der Waals surface area contributed by atoms with Crippen molar-refractivity contribution in [2.75, 3.05) is 0 Å². The molecule has 6 heteroatoms. The molecule has 2 heterocycles. The molecule has 0 radical (unpaired) electrons. The first-order valence-electron chi connectivity index (χ1n) is 25.0. The van der Waals surface area contributed by atoms with Gasteiger partial charge in [-0.05, 0) is 107 Å². The van der Waals surface area contributed by atoms with Crippen LogP contribution in [0.3, 0.4) is 0 Å². The second-order valence-electron chi connectivity index (χ2n) is 19.4. The first-order valence-corrected chi connectivity index (χ1v) is 25.0. The lowest BCUT2D eigenvalue weighted by molar-refractivity contribution is 0.0514. The lowest BCUT2D eigenvalue weighted by Gasteiger charge is -2.35. The van der Waals surface area contributed by atoms with Gasteiger partial charge in [-0.25, -0.2) is 0 Å². The maximum atomic E-state index is 14.8. The van der Waals surface area contributed by atoms with Crippen LogP contribution in [-0.4, -0.2) is 39.5 Å². The van der Waals surface area contributed by atoms with Crippen molar-refractivity contribution in [3.05, 3.63) is 131 Å². The van der Waals surface area contributed by atoms with Gasteiger partial charge in [0.15, 0.2) is 0 Å². The maximum Gasteiger partial charge on any atom is 0.261 e. The fraction of sp³-hybridized carbons (Fsp3) is 0.333. The summed E-state index contributed by atoms with van der Waals surface area (Å²) in [5.74, 6) is -0.998. The molecule has 0 bridgehead atoms. The molecule has 0 aliphatic carbocycles. The normalized spacial score (nSPS) is 14.2. The first kappa shape index (κ1) is 42.2. The van der Waals surface area contributed by atoms with Crippen LogP contribution < -0.4 is 0 Å². The Morgan fingerprint density at radius 1 is 0.364 bits per heavy atom. The summed E-state index contributed by atoms with van der Waals surface area (Å²) in [6.45, 7) is 4.64. The van der Waals surface area contributed by atoms with Crippen molar-refractivity contribution in [1.82, 2.24) is 9.80 Å². The number of unbranched alkanes of at least 4 members (excludes halogenated alkanes) is 12. The van der Waals surface area contributed by atoms with Crippen LogP contribution in [-0.2, 0) is 6.54 Å². The molecule has 2 aliphatic heterocycles. The summed E-state index contributed by atoms with van der Waals surface area (Å²) < 4.78 is 0. The van der Waals surface area contributed by atoms with Gasteiger partial charge in [-0.2, -0.15) is 0 Å². The van der Waals surface area contributed by atoms with E-state index >= 15 is 0 Å². The van der Waals surface area contributed by atoms with Crippen molar-refractivity contribution >= 4 is 99.0 Å². The second kappa shape index (κ2) is 17.4. The SMILES string of the molecule is CCCCCCCCCC(CCCCCCCCC)N1C(=O)c2ccc3c4ccc5c6c(ccc(c7ccc(c2c37)C1=O)c64)C(=O)N(Cc1ccc2ccc3cccc4ccc1c2c34)C5=O. The fourth-order valence-electron chi connectivity index (χ4n) is 12.0. The van der Waals surface area contributed by atoms with Crippen LogP contribution in [0.5, 0.6) is 0 Å². The number of hydrogen-bond acceptors (Lipinski definition) is 4. The topological polar surface area (TPSA) is 74.8 Å². The van der Waals surface area contributed by atoms with E-state index in [1.54, 1.807) is 4.90 Å². The minimum absolute atomic E-state index is 0.132. The van der Waals surface area contributed by atoms with E-state index in [-0.39, 0.29) is 36.2 Å². The molecule has 9 aromatic carbocycles. The van der Waals surface area contributed by atoms with E-state index in [1.807, 2.05) is 48.5 Å². The van der Waals surface area contributed by atoms with E-state index < -0.39 is 0 Å². The van der Waals surface area contributed by atoms with Gasteiger partial charge in [0.05, 0.1) is 6.54 Å². The molecule has 6 nitrogen and oxygen atoms in total. The fourth-order valence-corrected chi connectivity index (χ4v) is 12.0. The Morgan fingerprint density at radius 2 is 0.758 bits per heavy atom. The highest BCUT2D eigenvalue weighted by atomic mass is 16.2. The summed E-state index contributed by atoms with van der Waals surface area (Å²) in [6.07, 6.45) is 18.4. The molecule has 332 valence electrons. The summed E-state index contributed by atoms with van der Waals surface area (Å²) in [6, 6.07) is 34.5. The highest BCUT2D eigenvalue weighted by molar-refractivity contribution is 6.41. The van der Waals surface area contributed by atoms with Crippen molar-refractivity contribution in [1.29, 1.82) is 0 Å². The number of rotatable bonds is 19. The van der Waals surface area contributed by atoms with Crippen molar-refractivity contribution < 1.29 is 19.2 Å². The van der Waals surface area contributed by atoms with Crippen LogP contribution in [0.1, 0.15) is 164 Å². The van der Waals surface area contributed by atoms with Crippen LogP contribution in [0.4, 0.5) is 0 Å². The van der Waals surface area contributed by atoms with Gasteiger partial charge in [0.25, 0.3) is 23.6 Å². The summed E-state index contributed by atoms with van der Waals surface area (Å²) in [5, 5.41) is 13.6. The molecule has 4 amide bonds. The predicted octanol–water partition coefficient (Wildman–Crippen LogP) is 15.7. The van der Waals surface area contributed by atoms with E-state index in [2.05, 4.69) is 68.4 Å². The summed E-state index contributed by atoms with van der Waals surface area (Å²) in [7, 11) is 0. The van der Waals surface area contributed by atoms with Gasteiger partial charge in [-0.1, -0.05) is 183 Å². The van der Waals surface area contributed by atoms with Gasteiger partial charge in [-0.3, -0.25) is 29.0 Å². The largest absolute Gasteiger partial charge is 0.271 e. The zero-order chi connectivity index (χ0) is 45.1. The average molecular weight is 871 g/mol. The van der Waals surface area contributed by atoms with Crippen LogP contribution >= 0.6 is 0 Å². The standard InChI is InChI=1S/C60H58N2O4/c1-3-5-7-9-11-13-15-20-41(21-16-14-12-10-8-6-4-2)62-59(65)49-34-30-45-43-28-32-47-55-48(33-29-44(53(43)55)46-31-35-50(60(62)66)56(49)54(45)46)58(64)61(57(47)63)36-40-25-24-39-23-22-37-18-17-19-38-26-27-42(40)52(39)51(37)38/h17-19,22-35,41H,3-16,20-21,36H2,1-2H3. The minimum atomic E-state index is -0.309. The lowest BCUT2D eigenvalue weighted by atomic mass is 9.82. The quantitative estimate of drug-likeness (QED) is 0.0351. The Hall–Kier alpha value is -6.40. The summed E-state index contributed by atoms with van der Waals surface area (Å²) >= 11 is 0. The molecule has 9 aromatic rings. The molecule has 0 aromatic heterocycles. The lowest BCUT2D eigenvalue weighted by Crippen LogP contribution is -2.47. The number of nitrogens with zero attached hydrogens (tertiary/aromatic N) is 2. The number of hydrogen-bond donors (Lipinski definition) is 0. The van der Waals surface area contributed by atoms with Gasteiger partial charge in [0.2, 0.25) is 0 Å². The number of benzene rings is 9. The smallest absolute Gasteiger partial charge is 0.261 e. The highest BCUT2D eigenvalue weighted by Gasteiger charge is 2.39. The molecule has 0 unspecified atom stereocenters. The molecule has 2 aliphatic rings. The molecule has 0 N–H and O–H groups in total. The van der Waals surface area contributed by atoms with Crippen LogP contribution in [0.2, 0.25) is 0 Å². The van der Waals surface area contributed by atoms with Crippen LogP contribution in [0.15, 0.2) is 103 Å². The minimum Gasteiger partial charge on any atom is -0.271 e. The van der Waals surface area contributed by atoms with Gasteiger partial charge < -0.3 is 0 Å². The number of imide groups is 2. The molecule has 0 fully saturated rings. The number of carbonyl (C=O) groups is 4. The Kier molecular flexibility index (Phi) is 11.2. The highest BCUT2D eigenvalue weighted by Crippen LogP contribution is 2.47. The van der Waals surface area contributed by atoms with Crippen LogP contribution in [0.25, 0.3) is 75.4 Å². The Balaban J connectivity index is 0.932. The summed E-state index contributed by atoms with van der Waals surface area (Å²) in [5.41, 5.74) is 3.10. The third-order valence-corrected chi connectivity index (χ3v) is 15.3. The number of carbonyl (C=O) groups excluding carboxylic acids is 4. The zero-order valence-electron chi connectivity index (χ0n) is 38.4. The van der Waals surface area contributed by atoms with Gasteiger partial charge >= 0.3 is 0 Å². The molecule has 0 saturated heterocycles. The number of amides is 4. The zero-order valence-corrected chi connectivity index (χ0v) is 38.4. The van der Waals surface area contributed by atoms with Gasteiger partial charge in [-0.15, -0.1) is 0 Å². The Bertz CT molecular complexity index is 3230. The van der Waals surface area contributed by atoms with Gasteiger partial charge in [0.1, 0.15) is 0 Å². The second-order valence-corrected chi connectivity index (χ2v) is 19.4. The average Bonchev–Trinajstić information content (AvgIpc) is 3.34. The molecule has 11 rings (SSSR count). The Morgan fingerprint density at radius 3 is 1.24 bits per heavy atom. The molecular formula is C60H58N2O4. The molecule has 66 heavy (non-hydrogen) atoms. The summed E-state index contributed by atoms with van der Waals surface area (Å²) in [4.78, 5) is 61.9. The molecule has 0 spiro atoms. The van der Waals surface area contributed by atoms with E-state index in [1.165, 1.54) is 85.3 Å². The van der Waals surface area contributed by atoms with Crippen molar-refractivity contribution in [3.63, 3.8) is 0 Å². The Labute approximate surface area is 386 Å². The van der Waals surface area contributed by atoms with E-state index in [0.29, 0.717) is 33.0 Å². The number of fused-ring (bicyclic) bond motifs is 2. The van der Waals surface area contributed by atoms with Crippen molar-refractivity contribution in [3.8, 4) is 0 Å². The molecule has 0 saturated carbocycles. The van der Waals surface area contributed by atoms with Gasteiger partial charge in [0, 0.05) is 39.1 Å². The van der Waals surface area contributed by atoms with E-state index in [9.17, 15) is 19.2 Å². The van der Waals surface area contributed by atoms with Crippen molar-refractivity contribution in [2.45, 2.75) is 129 Å². The van der Waals surface area contributed by atoms with E-state index in [4.69, 9.17) is 0 Å². The first-order chi connectivity index (χ1) is 32.4. The molecular weight excluding hydrogens is 813 g/mol. The monoisotopic (exact) mass is 870 g/mol. The maximum absolute atomic E-state index is 14.8. The molecule has 0 atom stereocenters. The third kappa shape index (κ3) is 6.81. The van der Waals surface area contributed by atoms with Crippen LogP contribution in [0, 0.1) is 0 Å². The van der Waals surface area contributed by atoms with Crippen molar-refractivity contribution in [2.24, 2.45) is 0 Å². The predicted molar refractivity (Wildman–Crippen MR) is 272 cm³/mol. The third-order valence-electron chi connectivity index (χ3n) is 15.3.